The molecule has 0 atom stereocenters. The van der Waals surface area contributed by atoms with E-state index in [1.54, 1.807) is 4.90 Å². The summed E-state index contributed by atoms with van der Waals surface area (Å²) in [4.78, 5) is 8.34. The molecule has 0 amide bonds. The number of hydrogen-bond donors (Lipinski definition) is 2. The van der Waals surface area contributed by atoms with Gasteiger partial charge in [0.05, 0.1) is 6.54 Å². The van der Waals surface area contributed by atoms with Gasteiger partial charge in [-0.2, -0.15) is 4.37 Å². The lowest BCUT2D eigenvalue weighted by Gasteiger charge is -2.41. The molecule has 0 bridgehead atoms. The van der Waals surface area contributed by atoms with Crippen molar-refractivity contribution in [1.82, 2.24) is 19.2 Å². The Bertz CT molecular complexity index is 539. The van der Waals surface area contributed by atoms with Crippen molar-refractivity contribution in [2.75, 3.05) is 32.8 Å². The van der Waals surface area contributed by atoms with Crippen LogP contribution < -0.4 is 0 Å². The lowest BCUT2D eigenvalue weighted by molar-refractivity contribution is 0.0348. The number of hydrogen-bond acceptors (Lipinski definition) is 7. The van der Waals surface area contributed by atoms with Crippen LogP contribution in [0.5, 0.6) is 0 Å². The van der Waals surface area contributed by atoms with Gasteiger partial charge in [0.2, 0.25) is 0 Å². The van der Waals surface area contributed by atoms with Crippen LogP contribution in [0.3, 0.4) is 0 Å². The zero-order valence-corrected chi connectivity index (χ0v) is 12.9. The Balaban J connectivity index is 1.63. The van der Waals surface area contributed by atoms with Crippen LogP contribution in [-0.2, 0) is 4.74 Å². The maximum Gasteiger partial charge on any atom is 0.178 e. The fraction of sp³-hybridized carbons (Fsp3) is 0.692. The summed E-state index contributed by atoms with van der Waals surface area (Å²) >= 11 is 1.23. The summed E-state index contributed by atoms with van der Waals surface area (Å²) in [5.41, 5.74) is 0. The molecule has 21 heavy (non-hydrogen) atoms. The van der Waals surface area contributed by atoms with Gasteiger partial charge in [-0.15, -0.1) is 0 Å². The average Bonchev–Trinajstić information content (AvgIpc) is 2.94. The van der Waals surface area contributed by atoms with Crippen LogP contribution in [0.15, 0.2) is 0 Å². The summed E-state index contributed by atoms with van der Waals surface area (Å²) in [7, 11) is 0. The van der Waals surface area contributed by atoms with Gasteiger partial charge in [-0.3, -0.25) is 15.7 Å². The van der Waals surface area contributed by atoms with E-state index in [1.165, 1.54) is 11.5 Å². The van der Waals surface area contributed by atoms with Gasteiger partial charge in [0.1, 0.15) is 11.7 Å². The summed E-state index contributed by atoms with van der Waals surface area (Å²) in [6.07, 6.45) is 2.08. The lowest BCUT2D eigenvalue weighted by atomic mass is 10.1. The first-order valence-electron chi connectivity index (χ1n) is 7.21. The molecule has 0 unspecified atom stereocenters. The number of nitrogens with one attached hydrogen (secondary N) is 2. The Morgan fingerprint density at radius 3 is 2.71 bits per heavy atom. The molecule has 1 aromatic heterocycles. The number of rotatable bonds is 2. The first-order valence-corrected chi connectivity index (χ1v) is 7.98. The summed E-state index contributed by atoms with van der Waals surface area (Å²) in [6, 6.07) is 0.513. The van der Waals surface area contributed by atoms with E-state index >= 15 is 0 Å². The SMILES string of the molecule is Cc1nsc(C(=N)N2CCN(C3CCOCC3)CC2=N)n1. The molecule has 2 fully saturated rings. The second-order valence-corrected chi connectivity index (χ2v) is 6.16. The third-order valence-corrected chi connectivity index (χ3v) is 4.81. The molecular formula is C13H20N6OS. The van der Waals surface area contributed by atoms with Crippen LogP contribution in [-0.4, -0.2) is 69.7 Å². The highest BCUT2D eigenvalue weighted by atomic mass is 32.1. The molecule has 114 valence electrons. The highest BCUT2D eigenvalue weighted by molar-refractivity contribution is 7.07. The van der Waals surface area contributed by atoms with Crippen LogP contribution in [0, 0.1) is 17.7 Å². The van der Waals surface area contributed by atoms with Crippen LogP contribution in [0.2, 0.25) is 0 Å². The molecule has 8 heteroatoms. The van der Waals surface area contributed by atoms with Gasteiger partial charge in [-0.05, 0) is 31.3 Å². The average molecular weight is 308 g/mol. The number of piperazine rings is 1. The van der Waals surface area contributed by atoms with E-state index in [2.05, 4.69) is 14.3 Å². The van der Waals surface area contributed by atoms with Crippen molar-refractivity contribution in [2.45, 2.75) is 25.8 Å². The Kier molecular flexibility index (Phi) is 4.27. The summed E-state index contributed by atoms with van der Waals surface area (Å²) in [6.45, 7) is 5.61. The second kappa shape index (κ2) is 6.17. The summed E-state index contributed by atoms with van der Waals surface area (Å²) in [5, 5.41) is 17.1. The largest absolute Gasteiger partial charge is 0.381 e. The molecule has 0 aromatic carbocycles. The van der Waals surface area contributed by atoms with Gasteiger partial charge in [0, 0.05) is 32.3 Å². The third kappa shape index (κ3) is 3.12. The third-order valence-electron chi connectivity index (χ3n) is 4.00. The van der Waals surface area contributed by atoms with E-state index in [0.717, 1.165) is 32.6 Å². The molecule has 1 aromatic rings. The number of ether oxygens (including phenoxy) is 1. The van der Waals surface area contributed by atoms with Crippen molar-refractivity contribution in [1.29, 1.82) is 10.8 Å². The second-order valence-electron chi connectivity index (χ2n) is 5.41. The zero-order valence-electron chi connectivity index (χ0n) is 12.1. The highest BCUT2D eigenvalue weighted by Gasteiger charge is 2.30. The smallest absolute Gasteiger partial charge is 0.178 e. The quantitative estimate of drug-likeness (QED) is 0.627. The maximum atomic E-state index is 8.25. The zero-order chi connectivity index (χ0) is 14.8. The van der Waals surface area contributed by atoms with Crippen LogP contribution in [0.25, 0.3) is 0 Å². The van der Waals surface area contributed by atoms with E-state index in [9.17, 15) is 0 Å². The van der Waals surface area contributed by atoms with Crippen molar-refractivity contribution in [2.24, 2.45) is 0 Å². The highest BCUT2D eigenvalue weighted by Crippen LogP contribution is 2.18. The predicted molar refractivity (Wildman–Crippen MR) is 81.3 cm³/mol. The Morgan fingerprint density at radius 2 is 2.10 bits per heavy atom. The Morgan fingerprint density at radius 1 is 1.33 bits per heavy atom. The van der Waals surface area contributed by atoms with Gasteiger partial charge >= 0.3 is 0 Å². The molecule has 0 aliphatic carbocycles. The monoisotopic (exact) mass is 308 g/mol. The Hall–Kier alpha value is -1.38. The minimum atomic E-state index is 0.303. The standard InChI is InChI=1S/C13H20N6OS/c1-9-16-13(21-17-9)12(15)19-5-4-18(8-11(19)14)10-2-6-20-7-3-10/h10,14-15H,2-8H2,1H3. The lowest BCUT2D eigenvalue weighted by Crippen LogP contribution is -2.55. The van der Waals surface area contributed by atoms with E-state index in [1.807, 2.05) is 6.92 Å². The molecule has 0 spiro atoms. The van der Waals surface area contributed by atoms with Crippen LogP contribution in [0.4, 0.5) is 0 Å². The molecular weight excluding hydrogens is 288 g/mol. The summed E-state index contributed by atoms with van der Waals surface area (Å²) in [5.74, 6) is 1.47. The molecule has 2 aliphatic heterocycles. The number of amidine groups is 2. The van der Waals surface area contributed by atoms with E-state index < -0.39 is 0 Å². The van der Waals surface area contributed by atoms with Crippen molar-refractivity contribution < 1.29 is 4.74 Å². The molecule has 2 N–H and O–H groups in total. The maximum absolute atomic E-state index is 8.25. The fourth-order valence-corrected chi connectivity index (χ4v) is 3.47. The number of nitrogens with zero attached hydrogens (tertiary/aromatic N) is 4. The van der Waals surface area contributed by atoms with Gasteiger partial charge in [0.15, 0.2) is 10.8 Å². The van der Waals surface area contributed by atoms with E-state index in [-0.39, 0.29) is 0 Å². The molecule has 0 saturated carbocycles. The van der Waals surface area contributed by atoms with Crippen molar-refractivity contribution in [3.05, 3.63) is 10.8 Å². The van der Waals surface area contributed by atoms with E-state index in [4.69, 9.17) is 15.6 Å². The molecule has 2 aliphatic rings. The predicted octanol–water partition coefficient (Wildman–Crippen LogP) is 0.946. The van der Waals surface area contributed by atoms with Gasteiger partial charge in [-0.1, -0.05) is 0 Å². The van der Waals surface area contributed by atoms with Gasteiger partial charge in [0.25, 0.3) is 0 Å². The summed E-state index contributed by atoms with van der Waals surface area (Å²) < 4.78 is 9.51. The Labute approximate surface area is 128 Å². The van der Waals surface area contributed by atoms with E-state index in [0.29, 0.717) is 41.6 Å². The van der Waals surface area contributed by atoms with Crippen molar-refractivity contribution in [3.63, 3.8) is 0 Å². The first-order chi connectivity index (χ1) is 10.1. The number of aromatic nitrogens is 2. The topological polar surface area (TPSA) is 89.2 Å². The minimum absolute atomic E-state index is 0.303. The van der Waals surface area contributed by atoms with Gasteiger partial charge < -0.3 is 9.64 Å². The van der Waals surface area contributed by atoms with Crippen molar-refractivity contribution in [3.8, 4) is 0 Å². The van der Waals surface area contributed by atoms with Gasteiger partial charge in [-0.25, -0.2) is 4.98 Å². The minimum Gasteiger partial charge on any atom is -0.381 e. The molecule has 3 heterocycles. The first kappa shape index (κ1) is 14.6. The molecule has 2 saturated heterocycles. The van der Waals surface area contributed by atoms with Crippen LogP contribution in [0.1, 0.15) is 23.7 Å². The molecule has 7 nitrogen and oxygen atoms in total. The molecule has 0 radical (unpaired) electrons. The van der Waals surface area contributed by atoms with Crippen LogP contribution >= 0.6 is 11.5 Å². The number of aryl methyl sites for hydroxylation is 1. The normalized spacial score (nSPS) is 21.8. The van der Waals surface area contributed by atoms with Crippen molar-refractivity contribution >= 4 is 23.2 Å². The molecule has 3 rings (SSSR count). The fourth-order valence-electron chi connectivity index (χ4n) is 2.84.